The van der Waals surface area contributed by atoms with Crippen LogP contribution in [0.5, 0.6) is 0 Å². The molecule has 100 valence electrons. The summed E-state index contributed by atoms with van der Waals surface area (Å²) in [5.74, 6) is -0.161. The molecule has 0 aliphatic carbocycles. The lowest BCUT2D eigenvalue weighted by Crippen LogP contribution is -2.31. The number of esters is 1. The number of carbonyl (C=O) groups is 1. The molecule has 3 heteroatoms. The molecule has 0 aliphatic rings. The predicted molar refractivity (Wildman–Crippen MR) is 74.7 cm³/mol. The van der Waals surface area contributed by atoms with E-state index >= 15 is 0 Å². The van der Waals surface area contributed by atoms with E-state index in [1.807, 2.05) is 38.1 Å². The molecule has 1 aromatic carbocycles. The summed E-state index contributed by atoms with van der Waals surface area (Å²) in [4.78, 5) is 11.8. The lowest BCUT2D eigenvalue weighted by Gasteiger charge is -2.18. The number of unbranched alkanes of at least 4 members (excludes halogenated alkanes) is 1. The van der Waals surface area contributed by atoms with Crippen molar-refractivity contribution in [1.29, 1.82) is 0 Å². The van der Waals surface area contributed by atoms with E-state index in [0.29, 0.717) is 6.61 Å². The molecule has 0 amide bonds. The molecule has 3 nitrogen and oxygen atoms in total. The maximum absolute atomic E-state index is 11.8. The Hall–Kier alpha value is -1.51. The number of ether oxygens (including phenoxy) is 1. The van der Waals surface area contributed by atoms with Crippen molar-refractivity contribution in [3.8, 4) is 0 Å². The lowest BCUT2D eigenvalue weighted by molar-refractivity contribution is -0.144. The van der Waals surface area contributed by atoms with Crippen LogP contribution >= 0.6 is 0 Å². The maximum Gasteiger partial charge on any atom is 0.328 e. The number of hydrogen-bond acceptors (Lipinski definition) is 3. The summed E-state index contributed by atoms with van der Waals surface area (Å²) in [6, 6.07) is 7.81. The van der Waals surface area contributed by atoms with Gasteiger partial charge in [0.05, 0.1) is 6.61 Å². The zero-order chi connectivity index (χ0) is 13.4. The van der Waals surface area contributed by atoms with Crippen LogP contribution in [0.3, 0.4) is 0 Å². The molecule has 0 bridgehead atoms. The fourth-order valence-corrected chi connectivity index (χ4v) is 1.75. The molecule has 1 unspecified atom stereocenters. The average molecular weight is 249 g/mol. The van der Waals surface area contributed by atoms with E-state index < -0.39 is 0 Å². The van der Waals surface area contributed by atoms with Crippen LogP contribution in [0, 0.1) is 6.92 Å². The molecular formula is C15H23NO2. The Morgan fingerprint density at radius 3 is 2.50 bits per heavy atom. The number of nitrogens with one attached hydrogen (secondary N) is 1. The van der Waals surface area contributed by atoms with Gasteiger partial charge in [0.1, 0.15) is 6.04 Å². The minimum absolute atomic E-state index is 0.161. The van der Waals surface area contributed by atoms with Crippen molar-refractivity contribution in [2.24, 2.45) is 0 Å². The Kier molecular flexibility index (Phi) is 6.26. The van der Waals surface area contributed by atoms with E-state index in [1.54, 1.807) is 0 Å². The molecule has 0 aliphatic heterocycles. The summed E-state index contributed by atoms with van der Waals surface area (Å²) in [6.45, 7) is 6.43. The van der Waals surface area contributed by atoms with E-state index in [1.165, 1.54) is 5.56 Å². The van der Waals surface area contributed by atoms with Crippen LogP contribution in [0.4, 0.5) is 5.69 Å². The Bertz CT molecular complexity index is 359. The van der Waals surface area contributed by atoms with Gasteiger partial charge in [0.15, 0.2) is 0 Å². The van der Waals surface area contributed by atoms with Crippen LogP contribution in [-0.2, 0) is 9.53 Å². The Balaban J connectivity index is 2.64. The van der Waals surface area contributed by atoms with Crippen LogP contribution < -0.4 is 5.32 Å². The number of rotatable bonds is 7. The van der Waals surface area contributed by atoms with Crippen molar-refractivity contribution in [2.75, 3.05) is 11.9 Å². The lowest BCUT2D eigenvalue weighted by atomic mass is 10.1. The summed E-state index contributed by atoms with van der Waals surface area (Å²) in [5, 5.41) is 3.25. The highest BCUT2D eigenvalue weighted by molar-refractivity contribution is 5.79. The van der Waals surface area contributed by atoms with Gasteiger partial charge in [0, 0.05) is 5.69 Å². The zero-order valence-electron chi connectivity index (χ0n) is 11.5. The molecule has 0 radical (unpaired) electrons. The maximum atomic E-state index is 11.8. The third-order valence-corrected chi connectivity index (χ3v) is 2.81. The first-order chi connectivity index (χ1) is 8.67. The SMILES string of the molecule is CCCCC(Nc1ccc(C)cc1)C(=O)OCC. The summed E-state index contributed by atoms with van der Waals surface area (Å²) in [5.41, 5.74) is 2.18. The van der Waals surface area contributed by atoms with Crippen LogP contribution in [0.1, 0.15) is 38.7 Å². The van der Waals surface area contributed by atoms with E-state index in [0.717, 1.165) is 24.9 Å². The van der Waals surface area contributed by atoms with E-state index in [2.05, 4.69) is 12.2 Å². The summed E-state index contributed by atoms with van der Waals surface area (Å²) in [7, 11) is 0. The van der Waals surface area contributed by atoms with Gasteiger partial charge in [0.25, 0.3) is 0 Å². The quantitative estimate of drug-likeness (QED) is 0.751. The van der Waals surface area contributed by atoms with Crippen LogP contribution in [0.15, 0.2) is 24.3 Å². The number of benzene rings is 1. The average Bonchev–Trinajstić information content (AvgIpc) is 2.37. The van der Waals surface area contributed by atoms with E-state index in [-0.39, 0.29) is 12.0 Å². The highest BCUT2D eigenvalue weighted by Crippen LogP contribution is 2.13. The second-order valence-corrected chi connectivity index (χ2v) is 4.46. The van der Waals surface area contributed by atoms with Gasteiger partial charge >= 0.3 is 5.97 Å². The van der Waals surface area contributed by atoms with Crippen LogP contribution in [0.25, 0.3) is 0 Å². The highest BCUT2D eigenvalue weighted by Gasteiger charge is 2.18. The number of carbonyl (C=O) groups excluding carboxylic acids is 1. The van der Waals surface area contributed by atoms with Crippen molar-refractivity contribution in [3.05, 3.63) is 29.8 Å². The monoisotopic (exact) mass is 249 g/mol. The molecule has 0 spiro atoms. The normalized spacial score (nSPS) is 11.9. The second-order valence-electron chi connectivity index (χ2n) is 4.46. The van der Waals surface area contributed by atoms with Crippen molar-refractivity contribution >= 4 is 11.7 Å². The second kappa shape index (κ2) is 7.75. The number of hydrogen-bond donors (Lipinski definition) is 1. The first-order valence-corrected chi connectivity index (χ1v) is 6.67. The molecule has 18 heavy (non-hydrogen) atoms. The third-order valence-electron chi connectivity index (χ3n) is 2.81. The third kappa shape index (κ3) is 4.78. The Labute approximate surface area is 110 Å². The fraction of sp³-hybridized carbons (Fsp3) is 0.533. The largest absolute Gasteiger partial charge is 0.464 e. The van der Waals surface area contributed by atoms with Crippen LogP contribution in [0.2, 0.25) is 0 Å². The van der Waals surface area contributed by atoms with Crippen LogP contribution in [-0.4, -0.2) is 18.6 Å². The summed E-state index contributed by atoms with van der Waals surface area (Å²) >= 11 is 0. The molecule has 1 rings (SSSR count). The van der Waals surface area contributed by atoms with Crippen molar-refractivity contribution in [1.82, 2.24) is 0 Å². The van der Waals surface area contributed by atoms with Crippen molar-refractivity contribution in [2.45, 2.75) is 46.1 Å². The first-order valence-electron chi connectivity index (χ1n) is 6.67. The smallest absolute Gasteiger partial charge is 0.328 e. The van der Waals surface area contributed by atoms with Gasteiger partial charge < -0.3 is 10.1 Å². The zero-order valence-corrected chi connectivity index (χ0v) is 11.5. The molecule has 0 aromatic heterocycles. The van der Waals surface area contributed by atoms with Gasteiger partial charge in [0.2, 0.25) is 0 Å². The molecule has 1 aromatic rings. The van der Waals surface area contributed by atoms with Gasteiger partial charge in [-0.15, -0.1) is 0 Å². The summed E-state index contributed by atoms with van der Waals surface area (Å²) < 4.78 is 5.10. The van der Waals surface area contributed by atoms with Gasteiger partial charge in [-0.25, -0.2) is 4.79 Å². The molecule has 1 atom stereocenters. The molecule has 1 N–H and O–H groups in total. The fourth-order valence-electron chi connectivity index (χ4n) is 1.75. The molecule has 0 heterocycles. The van der Waals surface area contributed by atoms with Gasteiger partial charge in [-0.2, -0.15) is 0 Å². The van der Waals surface area contributed by atoms with E-state index in [4.69, 9.17) is 4.74 Å². The Morgan fingerprint density at radius 1 is 1.28 bits per heavy atom. The molecule has 0 saturated carbocycles. The van der Waals surface area contributed by atoms with Gasteiger partial charge in [-0.05, 0) is 32.4 Å². The minimum atomic E-state index is -0.243. The van der Waals surface area contributed by atoms with Crippen molar-refractivity contribution in [3.63, 3.8) is 0 Å². The topological polar surface area (TPSA) is 38.3 Å². The Morgan fingerprint density at radius 2 is 1.94 bits per heavy atom. The number of anilines is 1. The van der Waals surface area contributed by atoms with Gasteiger partial charge in [-0.1, -0.05) is 37.5 Å². The minimum Gasteiger partial charge on any atom is -0.464 e. The van der Waals surface area contributed by atoms with Crippen molar-refractivity contribution < 1.29 is 9.53 Å². The standard InChI is InChI=1S/C15H23NO2/c1-4-6-7-14(15(17)18-5-2)16-13-10-8-12(3)9-11-13/h8-11,14,16H,4-7H2,1-3H3. The summed E-state index contributed by atoms with van der Waals surface area (Å²) in [6.07, 6.45) is 2.90. The molecular weight excluding hydrogens is 226 g/mol. The van der Waals surface area contributed by atoms with Gasteiger partial charge in [-0.3, -0.25) is 0 Å². The first kappa shape index (κ1) is 14.6. The van der Waals surface area contributed by atoms with E-state index in [9.17, 15) is 4.79 Å². The molecule has 0 fully saturated rings. The highest BCUT2D eigenvalue weighted by atomic mass is 16.5. The predicted octanol–water partition coefficient (Wildman–Crippen LogP) is 3.53. The number of aryl methyl sites for hydroxylation is 1. The molecule has 0 saturated heterocycles.